The van der Waals surface area contributed by atoms with Crippen molar-refractivity contribution in [2.45, 2.75) is 18.1 Å². The minimum absolute atomic E-state index is 0.0903. The monoisotopic (exact) mass is 338 g/mol. The van der Waals surface area contributed by atoms with Gasteiger partial charge in [-0.25, -0.2) is 8.42 Å². The van der Waals surface area contributed by atoms with E-state index < -0.39 is 15.3 Å². The lowest BCUT2D eigenvalue weighted by Crippen LogP contribution is -2.51. The van der Waals surface area contributed by atoms with Crippen LogP contribution < -0.4 is 0 Å². The minimum atomic E-state index is -3.37. The van der Waals surface area contributed by atoms with Crippen LogP contribution in [0.1, 0.15) is 23.2 Å². The highest BCUT2D eigenvalue weighted by Crippen LogP contribution is 2.22. The van der Waals surface area contributed by atoms with Gasteiger partial charge in [-0.05, 0) is 25.0 Å². The van der Waals surface area contributed by atoms with Crippen LogP contribution in [0.15, 0.2) is 30.3 Å². The third-order valence-corrected chi connectivity index (χ3v) is 6.75. The van der Waals surface area contributed by atoms with Crippen LogP contribution in [0.5, 0.6) is 0 Å². The van der Waals surface area contributed by atoms with Crippen molar-refractivity contribution < 1.29 is 17.9 Å². The number of carbonyl (C=O) groups is 1. The molecule has 2 saturated heterocycles. The molecule has 0 N–H and O–H groups in total. The molecule has 0 bridgehead atoms. The van der Waals surface area contributed by atoms with Crippen molar-refractivity contribution >= 4 is 15.9 Å². The maximum absolute atomic E-state index is 12.8. The molecule has 0 saturated carbocycles. The van der Waals surface area contributed by atoms with E-state index in [0.29, 0.717) is 51.3 Å². The maximum Gasteiger partial charge on any atom is 0.253 e. The molecule has 126 valence electrons. The highest BCUT2D eigenvalue weighted by atomic mass is 32.2. The number of likely N-dealkylation sites (tertiary alicyclic amines) is 1. The largest absolute Gasteiger partial charge is 0.379 e. The molecule has 23 heavy (non-hydrogen) atoms. The van der Waals surface area contributed by atoms with Gasteiger partial charge in [-0.15, -0.1) is 0 Å². The lowest BCUT2D eigenvalue weighted by atomic mass is 10.1. The van der Waals surface area contributed by atoms with Crippen molar-refractivity contribution in [2.75, 3.05) is 39.4 Å². The molecule has 0 aromatic heterocycles. The molecule has 1 aromatic rings. The molecule has 1 atom stereocenters. The van der Waals surface area contributed by atoms with E-state index in [-0.39, 0.29) is 12.5 Å². The van der Waals surface area contributed by atoms with Gasteiger partial charge in [-0.1, -0.05) is 18.2 Å². The molecule has 0 aliphatic carbocycles. The molecule has 2 aliphatic rings. The van der Waals surface area contributed by atoms with Crippen molar-refractivity contribution in [3.8, 4) is 0 Å². The Morgan fingerprint density at radius 2 is 1.78 bits per heavy atom. The maximum atomic E-state index is 12.8. The Bertz CT molecular complexity index is 641. The molecule has 2 aliphatic heterocycles. The van der Waals surface area contributed by atoms with Gasteiger partial charge in [0.2, 0.25) is 10.0 Å². The third-order valence-electron chi connectivity index (χ3n) is 4.44. The number of ether oxygens (including phenoxy) is 1. The number of benzene rings is 1. The summed E-state index contributed by atoms with van der Waals surface area (Å²) in [4.78, 5) is 14.2. The normalized spacial score (nSPS) is 23.7. The average Bonchev–Trinajstić information content (AvgIpc) is 2.62. The molecule has 1 aromatic carbocycles. The number of piperidine rings is 1. The summed E-state index contributed by atoms with van der Waals surface area (Å²) in [7, 11) is -3.37. The van der Waals surface area contributed by atoms with E-state index in [9.17, 15) is 13.2 Å². The Kier molecular flexibility index (Phi) is 4.99. The fraction of sp³-hybridized carbons (Fsp3) is 0.562. The Balaban J connectivity index is 1.71. The zero-order valence-electron chi connectivity index (χ0n) is 13.1. The molecular formula is C16H22N2O4S. The Labute approximate surface area is 137 Å². The quantitative estimate of drug-likeness (QED) is 0.823. The number of rotatable bonds is 3. The second-order valence-corrected chi connectivity index (χ2v) is 8.15. The first-order chi connectivity index (χ1) is 11.1. The molecule has 0 unspecified atom stereocenters. The first-order valence-corrected chi connectivity index (χ1v) is 9.50. The first-order valence-electron chi connectivity index (χ1n) is 8.00. The van der Waals surface area contributed by atoms with Crippen LogP contribution >= 0.6 is 0 Å². The Morgan fingerprint density at radius 1 is 1.09 bits per heavy atom. The molecule has 0 spiro atoms. The van der Waals surface area contributed by atoms with Crippen LogP contribution in [0, 0.1) is 0 Å². The third kappa shape index (κ3) is 3.57. The molecule has 1 amide bonds. The summed E-state index contributed by atoms with van der Waals surface area (Å²) in [5.74, 6) is -0.0903. The smallest absolute Gasteiger partial charge is 0.253 e. The second kappa shape index (κ2) is 6.98. The number of nitrogens with zero attached hydrogens (tertiary/aromatic N) is 2. The zero-order chi connectivity index (χ0) is 16.3. The number of hydrogen-bond donors (Lipinski definition) is 0. The van der Waals surface area contributed by atoms with Gasteiger partial charge < -0.3 is 9.64 Å². The van der Waals surface area contributed by atoms with E-state index in [1.165, 1.54) is 4.31 Å². The SMILES string of the molecule is O=C(c1ccccc1)N1CCC[C@@H](S(=O)(=O)N2CCOCC2)C1. The predicted octanol–water partition coefficient (Wildman–Crippen LogP) is 0.953. The summed E-state index contributed by atoms with van der Waals surface area (Å²) in [6.45, 7) is 2.59. The highest BCUT2D eigenvalue weighted by molar-refractivity contribution is 7.89. The predicted molar refractivity (Wildman–Crippen MR) is 86.7 cm³/mol. The number of sulfonamides is 1. The number of amides is 1. The molecule has 3 rings (SSSR count). The molecule has 2 fully saturated rings. The van der Waals surface area contributed by atoms with Crippen LogP contribution in [0.4, 0.5) is 0 Å². The van der Waals surface area contributed by atoms with Gasteiger partial charge in [-0.3, -0.25) is 4.79 Å². The molecule has 6 nitrogen and oxygen atoms in total. The van der Waals surface area contributed by atoms with Crippen molar-refractivity contribution in [2.24, 2.45) is 0 Å². The van der Waals surface area contributed by atoms with Crippen molar-refractivity contribution in [3.05, 3.63) is 35.9 Å². The van der Waals surface area contributed by atoms with E-state index in [1.54, 1.807) is 17.0 Å². The average molecular weight is 338 g/mol. The fourth-order valence-electron chi connectivity index (χ4n) is 3.14. The molecule has 2 heterocycles. The van der Waals surface area contributed by atoms with Gasteiger partial charge in [0, 0.05) is 31.7 Å². The number of morpholine rings is 1. The molecular weight excluding hydrogens is 316 g/mol. The Morgan fingerprint density at radius 3 is 2.48 bits per heavy atom. The fourth-order valence-corrected chi connectivity index (χ4v) is 5.05. The van der Waals surface area contributed by atoms with Gasteiger partial charge in [-0.2, -0.15) is 4.31 Å². The number of carbonyl (C=O) groups excluding carboxylic acids is 1. The van der Waals surface area contributed by atoms with Gasteiger partial charge in [0.05, 0.1) is 18.5 Å². The zero-order valence-corrected chi connectivity index (χ0v) is 13.9. The highest BCUT2D eigenvalue weighted by Gasteiger charge is 2.37. The summed E-state index contributed by atoms with van der Waals surface area (Å²) in [6.07, 6.45) is 1.32. The molecule has 7 heteroatoms. The van der Waals surface area contributed by atoms with Crippen LogP contribution in [0.25, 0.3) is 0 Å². The summed E-state index contributed by atoms with van der Waals surface area (Å²) < 4.78 is 32.3. The van der Waals surface area contributed by atoms with Crippen LogP contribution in [-0.2, 0) is 14.8 Å². The van der Waals surface area contributed by atoms with Crippen molar-refractivity contribution in [1.29, 1.82) is 0 Å². The van der Waals surface area contributed by atoms with Gasteiger partial charge in [0.1, 0.15) is 0 Å². The van der Waals surface area contributed by atoms with Gasteiger partial charge in [0.15, 0.2) is 0 Å². The molecule has 0 radical (unpaired) electrons. The van der Waals surface area contributed by atoms with Crippen molar-refractivity contribution in [3.63, 3.8) is 0 Å². The van der Waals surface area contributed by atoms with E-state index in [2.05, 4.69) is 0 Å². The lowest BCUT2D eigenvalue weighted by Gasteiger charge is -2.36. The van der Waals surface area contributed by atoms with Gasteiger partial charge >= 0.3 is 0 Å². The van der Waals surface area contributed by atoms with E-state index in [4.69, 9.17) is 4.74 Å². The topological polar surface area (TPSA) is 66.9 Å². The summed E-state index contributed by atoms with van der Waals surface area (Å²) in [6, 6.07) is 9.03. The van der Waals surface area contributed by atoms with Crippen LogP contribution in [-0.4, -0.2) is 68.2 Å². The Hall–Kier alpha value is -1.44. The summed E-state index contributed by atoms with van der Waals surface area (Å²) in [5, 5.41) is -0.512. The summed E-state index contributed by atoms with van der Waals surface area (Å²) >= 11 is 0. The lowest BCUT2D eigenvalue weighted by molar-refractivity contribution is 0.0686. The van der Waals surface area contributed by atoms with Crippen LogP contribution in [0.2, 0.25) is 0 Å². The van der Waals surface area contributed by atoms with E-state index in [0.717, 1.165) is 0 Å². The minimum Gasteiger partial charge on any atom is -0.379 e. The van der Waals surface area contributed by atoms with E-state index >= 15 is 0 Å². The van der Waals surface area contributed by atoms with E-state index in [1.807, 2.05) is 18.2 Å². The standard InChI is InChI=1S/C16H22N2O4S/c19-16(14-5-2-1-3-6-14)17-8-4-7-15(13-17)23(20,21)18-9-11-22-12-10-18/h1-3,5-6,15H,4,7-13H2/t15-/m1/s1. The second-order valence-electron chi connectivity index (χ2n) is 5.94. The van der Waals surface area contributed by atoms with Crippen molar-refractivity contribution in [1.82, 2.24) is 9.21 Å². The first kappa shape index (κ1) is 16.4. The van der Waals surface area contributed by atoms with Crippen LogP contribution in [0.3, 0.4) is 0 Å². The number of hydrogen-bond acceptors (Lipinski definition) is 4. The van der Waals surface area contributed by atoms with Gasteiger partial charge in [0.25, 0.3) is 5.91 Å². The summed E-state index contributed by atoms with van der Waals surface area (Å²) in [5.41, 5.74) is 0.608.